The number of hydrogen-bond donors (Lipinski definition) is 1. The van der Waals surface area contributed by atoms with Crippen LogP contribution in [0.5, 0.6) is 5.75 Å². The van der Waals surface area contributed by atoms with Crippen LogP contribution >= 0.6 is 15.9 Å². The van der Waals surface area contributed by atoms with Gasteiger partial charge in [-0.05, 0) is 49.4 Å². The topological polar surface area (TPSA) is 72.5 Å². The zero-order chi connectivity index (χ0) is 17.0. The van der Waals surface area contributed by atoms with E-state index >= 15 is 0 Å². The Morgan fingerprint density at radius 1 is 1.17 bits per heavy atom. The number of benzene rings is 2. The smallest absolute Gasteiger partial charge is 0.265 e. The van der Waals surface area contributed by atoms with Crippen LogP contribution < -0.4 is 10.1 Å². The number of carbonyl (C=O) groups excluding carboxylic acids is 1. The molecule has 0 aliphatic heterocycles. The van der Waals surface area contributed by atoms with Crippen molar-refractivity contribution in [1.82, 2.24) is 0 Å². The summed E-state index contributed by atoms with van der Waals surface area (Å²) in [7, 11) is -3.32. The molecule has 0 aliphatic rings. The van der Waals surface area contributed by atoms with E-state index in [1.54, 1.807) is 31.2 Å². The van der Waals surface area contributed by atoms with Crippen LogP contribution in [0.15, 0.2) is 57.9 Å². The summed E-state index contributed by atoms with van der Waals surface area (Å²) in [6, 6.07) is 13.2. The average Bonchev–Trinajstić information content (AvgIpc) is 2.49. The number of nitrogens with one attached hydrogen (secondary N) is 1. The van der Waals surface area contributed by atoms with E-state index in [1.807, 2.05) is 12.1 Å². The average molecular weight is 398 g/mol. The molecule has 0 aliphatic carbocycles. The fraction of sp³-hybridized carbons (Fsp3) is 0.188. The number of halogens is 1. The van der Waals surface area contributed by atoms with Crippen LogP contribution in [0.1, 0.15) is 6.92 Å². The number of hydrogen-bond acceptors (Lipinski definition) is 4. The minimum Gasteiger partial charge on any atom is -0.481 e. The molecule has 0 unspecified atom stereocenters. The molecule has 2 aromatic carbocycles. The summed E-state index contributed by atoms with van der Waals surface area (Å²) in [5.41, 5.74) is 0.407. The van der Waals surface area contributed by atoms with Crippen molar-refractivity contribution in [3.8, 4) is 5.75 Å². The molecule has 23 heavy (non-hydrogen) atoms. The van der Waals surface area contributed by atoms with Crippen LogP contribution in [-0.4, -0.2) is 26.7 Å². The molecule has 1 atom stereocenters. The molecule has 0 aromatic heterocycles. The van der Waals surface area contributed by atoms with Crippen molar-refractivity contribution in [3.63, 3.8) is 0 Å². The van der Waals surface area contributed by atoms with Crippen LogP contribution in [0.4, 0.5) is 5.69 Å². The van der Waals surface area contributed by atoms with E-state index in [0.717, 1.165) is 10.7 Å². The number of rotatable bonds is 5. The normalized spacial score (nSPS) is 12.5. The SMILES string of the molecule is C[C@@H](Oc1ccc(Br)cc1)C(=O)Nc1cccc(S(C)(=O)=O)c1. The third kappa shape index (κ3) is 5.07. The van der Waals surface area contributed by atoms with Gasteiger partial charge in [0.15, 0.2) is 15.9 Å². The summed E-state index contributed by atoms with van der Waals surface area (Å²) in [6.07, 6.45) is 0.394. The van der Waals surface area contributed by atoms with Gasteiger partial charge in [-0.3, -0.25) is 4.79 Å². The van der Waals surface area contributed by atoms with Crippen LogP contribution in [-0.2, 0) is 14.6 Å². The molecule has 0 saturated carbocycles. The molecule has 0 bridgehead atoms. The molecular weight excluding hydrogens is 382 g/mol. The van der Waals surface area contributed by atoms with Gasteiger partial charge in [-0.1, -0.05) is 22.0 Å². The fourth-order valence-corrected chi connectivity index (χ4v) is 2.75. The van der Waals surface area contributed by atoms with Gasteiger partial charge < -0.3 is 10.1 Å². The Bertz CT molecular complexity index is 803. The first kappa shape index (κ1) is 17.5. The predicted molar refractivity (Wildman–Crippen MR) is 92.4 cm³/mol. The number of amides is 1. The summed E-state index contributed by atoms with van der Waals surface area (Å²) in [5, 5.41) is 2.65. The van der Waals surface area contributed by atoms with Gasteiger partial charge in [-0.15, -0.1) is 0 Å². The maximum Gasteiger partial charge on any atom is 0.265 e. The maximum absolute atomic E-state index is 12.1. The quantitative estimate of drug-likeness (QED) is 0.839. The van der Waals surface area contributed by atoms with Crippen LogP contribution in [0.2, 0.25) is 0 Å². The van der Waals surface area contributed by atoms with Gasteiger partial charge in [0.1, 0.15) is 5.75 Å². The van der Waals surface area contributed by atoms with E-state index in [9.17, 15) is 13.2 Å². The Hall–Kier alpha value is -1.86. The lowest BCUT2D eigenvalue weighted by Crippen LogP contribution is -2.30. The third-order valence-corrected chi connectivity index (χ3v) is 4.66. The molecule has 122 valence electrons. The van der Waals surface area contributed by atoms with Crippen molar-refractivity contribution < 1.29 is 17.9 Å². The molecule has 0 saturated heterocycles. The van der Waals surface area contributed by atoms with E-state index in [0.29, 0.717) is 11.4 Å². The molecule has 1 amide bonds. The Morgan fingerprint density at radius 3 is 2.43 bits per heavy atom. The number of carbonyl (C=O) groups is 1. The highest BCUT2D eigenvalue weighted by Crippen LogP contribution is 2.19. The molecule has 5 nitrogen and oxygen atoms in total. The first-order valence-corrected chi connectivity index (χ1v) is 9.47. The molecular formula is C16H16BrNO4S. The molecule has 0 fully saturated rings. The van der Waals surface area contributed by atoms with Crippen molar-refractivity contribution in [2.45, 2.75) is 17.9 Å². The Balaban J connectivity index is 2.05. The highest BCUT2D eigenvalue weighted by atomic mass is 79.9. The number of anilines is 1. The third-order valence-electron chi connectivity index (χ3n) is 3.03. The van der Waals surface area contributed by atoms with Gasteiger partial charge in [0, 0.05) is 16.4 Å². The second kappa shape index (κ2) is 7.14. The van der Waals surface area contributed by atoms with E-state index < -0.39 is 15.9 Å². The van der Waals surface area contributed by atoms with Gasteiger partial charge in [0.2, 0.25) is 0 Å². The summed E-state index contributed by atoms with van der Waals surface area (Å²) >= 11 is 3.32. The Labute approximate surface area is 143 Å². The zero-order valence-electron chi connectivity index (χ0n) is 12.6. The standard InChI is InChI=1S/C16H16BrNO4S/c1-11(22-14-8-6-12(17)7-9-14)16(19)18-13-4-3-5-15(10-13)23(2,20)21/h3-11H,1-2H3,(H,18,19)/t11-/m1/s1. The van der Waals surface area contributed by atoms with Crippen molar-refractivity contribution >= 4 is 37.4 Å². The molecule has 0 heterocycles. The Morgan fingerprint density at radius 2 is 1.83 bits per heavy atom. The summed E-state index contributed by atoms with van der Waals surface area (Å²) in [4.78, 5) is 12.3. The van der Waals surface area contributed by atoms with Crippen molar-refractivity contribution in [2.24, 2.45) is 0 Å². The zero-order valence-corrected chi connectivity index (χ0v) is 15.0. The lowest BCUT2D eigenvalue weighted by atomic mass is 10.3. The second-order valence-electron chi connectivity index (χ2n) is 5.00. The van der Waals surface area contributed by atoms with Gasteiger partial charge in [0.05, 0.1) is 4.90 Å². The molecule has 0 radical (unpaired) electrons. The largest absolute Gasteiger partial charge is 0.481 e. The van der Waals surface area contributed by atoms with Crippen LogP contribution in [0, 0.1) is 0 Å². The molecule has 0 spiro atoms. The molecule has 2 rings (SSSR count). The first-order chi connectivity index (χ1) is 10.8. The number of ether oxygens (including phenoxy) is 1. The van der Waals surface area contributed by atoms with Crippen LogP contribution in [0.3, 0.4) is 0 Å². The molecule has 7 heteroatoms. The summed E-state index contributed by atoms with van der Waals surface area (Å²) in [6.45, 7) is 1.62. The second-order valence-corrected chi connectivity index (χ2v) is 7.93. The maximum atomic E-state index is 12.1. The van der Waals surface area contributed by atoms with Gasteiger partial charge in [-0.25, -0.2) is 8.42 Å². The molecule has 1 N–H and O–H groups in total. The Kier molecular flexibility index (Phi) is 5.43. The highest BCUT2D eigenvalue weighted by Gasteiger charge is 2.16. The minimum atomic E-state index is -3.32. The fourth-order valence-electron chi connectivity index (χ4n) is 1.82. The van der Waals surface area contributed by atoms with Crippen molar-refractivity contribution in [3.05, 3.63) is 53.0 Å². The van der Waals surface area contributed by atoms with E-state index in [-0.39, 0.29) is 10.8 Å². The van der Waals surface area contributed by atoms with E-state index in [4.69, 9.17) is 4.74 Å². The van der Waals surface area contributed by atoms with Crippen LogP contribution in [0.25, 0.3) is 0 Å². The summed E-state index contributed by atoms with van der Waals surface area (Å²) in [5.74, 6) is 0.208. The monoisotopic (exact) mass is 397 g/mol. The predicted octanol–water partition coefficient (Wildman–Crippen LogP) is 3.26. The van der Waals surface area contributed by atoms with Gasteiger partial charge in [0.25, 0.3) is 5.91 Å². The summed E-state index contributed by atoms with van der Waals surface area (Å²) < 4.78 is 29.5. The minimum absolute atomic E-state index is 0.150. The van der Waals surface area contributed by atoms with E-state index in [2.05, 4.69) is 21.2 Å². The number of sulfone groups is 1. The van der Waals surface area contributed by atoms with Crippen molar-refractivity contribution in [2.75, 3.05) is 11.6 Å². The van der Waals surface area contributed by atoms with Gasteiger partial charge in [-0.2, -0.15) is 0 Å². The van der Waals surface area contributed by atoms with Crippen molar-refractivity contribution in [1.29, 1.82) is 0 Å². The molecule has 2 aromatic rings. The highest BCUT2D eigenvalue weighted by molar-refractivity contribution is 9.10. The lowest BCUT2D eigenvalue weighted by Gasteiger charge is -2.15. The first-order valence-electron chi connectivity index (χ1n) is 6.79. The van der Waals surface area contributed by atoms with Gasteiger partial charge >= 0.3 is 0 Å². The van der Waals surface area contributed by atoms with E-state index in [1.165, 1.54) is 12.1 Å². The lowest BCUT2D eigenvalue weighted by molar-refractivity contribution is -0.122.